The van der Waals surface area contributed by atoms with Crippen molar-refractivity contribution in [1.82, 2.24) is 4.57 Å². The maximum atomic E-state index is 4.63. The van der Waals surface area contributed by atoms with Crippen molar-refractivity contribution >= 4 is 61.2 Å². The number of hydrogen-bond acceptors (Lipinski definition) is 1. The number of anilines is 3. The second-order valence-electron chi connectivity index (χ2n) is 20.6. The lowest BCUT2D eigenvalue weighted by Gasteiger charge is -2.34. The molecular formula is C69H52N2. The molecule has 0 N–H and O–H groups in total. The number of hydrogen-bond donors (Lipinski definition) is 0. The van der Waals surface area contributed by atoms with Crippen molar-refractivity contribution in [3.05, 3.63) is 275 Å². The lowest BCUT2D eigenvalue weighted by Crippen LogP contribution is -2.28. The summed E-state index contributed by atoms with van der Waals surface area (Å²) in [5, 5.41) is 2.52. The lowest BCUT2D eigenvalue weighted by molar-refractivity contribution is 0.768. The van der Waals surface area contributed by atoms with Crippen LogP contribution < -0.4 is 4.90 Å². The van der Waals surface area contributed by atoms with E-state index < -0.39 is 0 Å². The van der Waals surface area contributed by atoms with Crippen LogP contribution >= 0.6 is 0 Å². The van der Waals surface area contributed by atoms with Gasteiger partial charge >= 0.3 is 0 Å². The van der Waals surface area contributed by atoms with E-state index in [0.717, 1.165) is 54.7 Å². The van der Waals surface area contributed by atoms with Crippen LogP contribution in [0.15, 0.2) is 236 Å². The molecule has 71 heavy (non-hydrogen) atoms. The van der Waals surface area contributed by atoms with E-state index >= 15 is 0 Å². The van der Waals surface area contributed by atoms with Crippen LogP contribution in [0.2, 0.25) is 0 Å². The van der Waals surface area contributed by atoms with E-state index in [1.807, 2.05) is 0 Å². The number of benzene rings is 8. The number of para-hydroxylation sites is 1. The average Bonchev–Trinajstić information content (AvgIpc) is 3.90. The van der Waals surface area contributed by atoms with Crippen LogP contribution in [0.1, 0.15) is 83.4 Å². The van der Waals surface area contributed by atoms with E-state index in [0.29, 0.717) is 11.8 Å². The van der Waals surface area contributed by atoms with Crippen molar-refractivity contribution in [2.45, 2.75) is 49.9 Å². The summed E-state index contributed by atoms with van der Waals surface area (Å²) in [4.78, 5) is 2.56. The minimum atomic E-state index is -0.354. The third-order valence-electron chi connectivity index (χ3n) is 16.9. The molecule has 1 saturated carbocycles. The van der Waals surface area contributed by atoms with E-state index in [1.165, 1.54) is 112 Å². The van der Waals surface area contributed by atoms with E-state index in [9.17, 15) is 0 Å². The Labute approximate surface area is 416 Å². The van der Waals surface area contributed by atoms with Crippen LogP contribution in [-0.2, 0) is 5.41 Å². The van der Waals surface area contributed by atoms with Crippen molar-refractivity contribution in [3.63, 3.8) is 0 Å². The number of allylic oxidation sites excluding steroid dienone is 11. The molecule has 8 aromatic carbocycles. The molecule has 3 unspecified atom stereocenters. The van der Waals surface area contributed by atoms with Gasteiger partial charge in [-0.15, -0.1) is 0 Å². The van der Waals surface area contributed by atoms with E-state index in [-0.39, 0.29) is 5.41 Å². The molecule has 0 bridgehead atoms. The Hall–Kier alpha value is -8.20. The molecule has 0 amide bonds. The molecular weight excluding hydrogens is 857 g/mol. The standard InChI is InChI=1S/C69H52N2/c1-44-39-48(40-49-42-59(49)54-22-9-8-21-53(44)54)47-33-38-65-60(41-47)57-37-36-52(43-67(57)71(65)50-19-6-3-7-20-50)70(51-34-31-46(32-35-51)45-17-4-2-5-18-45)66-30-16-29-64-68(66)58-25-12-15-28-63(58)69(64)61-26-13-10-23-55(61)56-24-11-14-27-62(56)69/h2-10,13-23,26-39,41,43,49,59H,1,11-12,24-25,40,42H2/b48-39+. The van der Waals surface area contributed by atoms with Crippen LogP contribution in [0.3, 0.4) is 0 Å². The number of aromatic nitrogens is 1. The van der Waals surface area contributed by atoms with E-state index in [2.05, 4.69) is 234 Å². The van der Waals surface area contributed by atoms with Crippen LogP contribution in [0.4, 0.5) is 17.1 Å². The summed E-state index contributed by atoms with van der Waals surface area (Å²) in [6, 6.07) is 70.8. The van der Waals surface area contributed by atoms with Gasteiger partial charge in [-0.3, -0.25) is 0 Å². The van der Waals surface area contributed by atoms with Crippen LogP contribution in [0.5, 0.6) is 0 Å². The maximum absolute atomic E-state index is 4.63. The predicted octanol–water partition coefficient (Wildman–Crippen LogP) is 18.0. The molecule has 0 radical (unpaired) electrons. The van der Waals surface area contributed by atoms with Gasteiger partial charge in [0.2, 0.25) is 0 Å². The molecule has 1 heterocycles. The van der Waals surface area contributed by atoms with Crippen molar-refractivity contribution in [2.75, 3.05) is 4.90 Å². The summed E-state index contributed by atoms with van der Waals surface area (Å²) in [7, 11) is 0. The summed E-state index contributed by atoms with van der Waals surface area (Å²) in [6.45, 7) is 4.63. The Morgan fingerprint density at radius 2 is 1.21 bits per heavy atom. The summed E-state index contributed by atoms with van der Waals surface area (Å²) >= 11 is 0. The largest absolute Gasteiger partial charge is 0.310 e. The van der Waals surface area contributed by atoms with E-state index in [1.54, 1.807) is 0 Å². The summed E-state index contributed by atoms with van der Waals surface area (Å²) < 4.78 is 2.49. The highest BCUT2D eigenvalue weighted by molar-refractivity contribution is 6.12. The van der Waals surface area contributed by atoms with Crippen molar-refractivity contribution in [1.29, 1.82) is 0 Å². The van der Waals surface area contributed by atoms with Gasteiger partial charge in [0.1, 0.15) is 0 Å². The minimum Gasteiger partial charge on any atom is -0.310 e. The zero-order valence-electron chi connectivity index (χ0n) is 39.8. The van der Waals surface area contributed by atoms with Crippen LogP contribution in [-0.4, -0.2) is 4.57 Å². The molecule has 1 aromatic heterocycles. The molecule has 3 atom stereocenters. The van der Waals surface area contributed by atoms with Crippen LogP contribution in [0, 0.1) is 5.92 Å². The average molecular weight is 909 g/mol. The van der Waals surface area contributed by atoms with Gasteiger partial charge in [0.25, 0.3) is 0 Å². The Bertz CT molecular complexity index is 3890. The molecule has 1 fully saturated rings. The van der Waals surface area contributed by atoms with Crippen molar-refractivity contribution in [2.24, 2.45) is 5.92 Å². The van der Waals surface area contributed by atoms with Gasteiger partial charge in [-0.1, -0.05) is 170 Å². The SMILES string of the molecule is C=C1/C=C(/c2ccc3c(c2)c2ccc(N(c4ccc(-c5ccccc5)cc4)c4cccc5c4C4=C(C=CCC4)C54C5=C(CCC=C5)c5ccccc54)cc2n3-c2ccccc2)CC2CC2c2ccccc21. The van der Waals surface area contributed by atoms with Gasteiger partial charge in [-0.05, 0) is 183 Å². The lowest BCUT2D eigenvalue weighted by atomic mass is 9.67. The first-order valence-electron chi connectivity index (χ1n) is 25.8. The number of rotatable bonds is 6. The quantitative estimate of drug-likeness (QED) is 0.161. The Morgan fingerprint density at radius 1 is 0.535 bits per heavy atom. The third kappa shape index (κ3) is 6.01. The molecule has 6 aliphatic carbocycles. The van der Waals surface area contributed by atoms with Gasteiger partial charge in [0, 0.05) is 33.4 Å². The first kappa shape index (κ1) is 40.7. The number of fused-ring (bicyclic) bond motifs is 14. The normalized spacial score (nSPS) is 21.0. The fourth-order valence-corrected chi connectivity index (χ4v) is 13.7. The van der Waals surface area contributed by atoms with Crippen molar-refractivity contribution in [3.8, 4) is 16.8 Å². The second kappa shape index (κ2) is 15.7. The molecule has 6 aliphatic rings. The second-order valence-corrected chi connectivity index (χ2v) is 20.6. The Kier molecular flexibility index (Phi) is 8.97. The van der Waals surface area contributed by atoms with Crippen LogP contribution in [0.25, 0.3) is 60.9 Å². The molecule has 15 rings (SSSR count). The van der Waals surface area contributed by atoms with Gasteiger partial charge in [-0.2, -0.15) is 0 Å². The van der Waals surface area contributed by atoms with Gasteiger partial charge < -0.3 is 9.47 Å². The first-order chi connectivity index (χ1) is 35.1. The highest BCUT2D eigenvalue weighted by Gasteiger charge is 2.54. The topological polar surface area (TPSA) is 8.17 Å². The molecule has 338 valence electrons. The maximum Gasteiger partial charge on any atom is 0.0719 e. The number of nitrogens with zero attached hydrogens (tertiary/aromatic N) is 2. The summed E-state index contributed by atoms with van der Waals surface area (Å²) in [6.07, 6.45) is 18.7. The van der Waals surface area contributed by atoms with Gasteiger partial charge in [0.05, 0.1) is 22.1 Å². The fourth-order valence-electron chi connectivity index (χ4n) is 13.7. The van der Waals surface area contributed by atoms with Gasteiger partial charge in [0.15, 0.2) is 0 Å². The zero-order valence-corrected chi connectivity index (χ0v) is 39.8. The fraction of sp³-hybridized carbons (Fsp3) is 0.130. The predicted molar refractivity (Wildman–Crippen MR) is 298 cm³/mol. The minimum absolute atomic E-state index is 0.354. The molecule has 9 aromatic rings. The highest BCUT2D eigenvalue weighted by Crippen LogP contribution is 2.65. The smallest absolute Gasteiger partial charge is 0.0719 e. The summed E-state index contributed by atoms with van der Waals surface area (Å²) in [5.74, 6) is 1.28. The molecule has 2 heteroatoms. The molecule has 0 aliphatic heterocycles. The monoisotopic (exact) mass is 908 g/mol. The first-order valence-corrected chi connectivity index (χ1v) is 25.8. The summed E-state index contributed by atoms with van der Waals surface area (Å²) in [5.41, 5.74) is 27.2. The zero-order chi connectivity index (χ0) is 46.8. The molecule has 2 nitrogen and oxygen atoms in total. The third-order valence-corrected chi connectivity index (χ3v) is 16.9. The van der Waals surface area contributed by atoms with Gasteiger partial charge in [-0.25, -0.2) is 0 Å². The molecule has 1 spiro atoms. The Morgan fingerprint density at radius 3 is 2.04 bits per heavy atom. The Balaban J connectivity index is 0.952. The molecule has 0 saturated heterocycles. The van der Waals surface area contributed by atoms with E-state index in [4.69, 9.17) is 0 Å². The highest BCUT2D eigenvalue weighted by atomic mass is 15.1. The van der Waals surface area contributed by atoms with Crippen molar-refractivity contribution < 1.29 is 0 Å².